The number of nitrogens with zero attached hydrogens (tertiary/aromatic N) is 3. The highest BCUT2D eigenvalue weighted by Gasteiger charge is 2.21. The van der Waals surface area contributed by atoms with Crippen LogP contribution in [-0.4, -0.2) is 60.5 Å². The number of hydrogen-bond acceptors (Lipinski definition) is 6. The molecule has 0 aliphatic carbocycles. The molecule has 0 atom stereocenters. The number of hydrogen-bond donors (Lipinski definition) is 2. The predicted octanol–water partition coefficient (Wildman–Crippen LogP) is -1.41. The van der Waals surface area contributed by atoms with E-state index < -0.39 is 15.7 Å². The maximum Gasteiger partial charge on any atom is 0.273 e. The molecule has 1 amide bonds. The first-order valence-electron chi connectivity index (χ1n) is 6.13. The lowest BCUT2D eigenvalue weighted by Gasteiger charge is -2.26. The highest BCUT2D eigenvalue weighted by Crippen LogP contribution is 2.09. The number of nitrogens with one attached hydrogen (secondary N) is 2. The zero-order valence-corrected chi connectivity index (χ0v) is 11.5. The predicted molar refractivity (Wildman–Crippen MR) is 68.6 cm³/mol. The SMILES string of the molecule is CCS(=O)(=O)CCNC(=O)c1cn(C2CNC2)nn1. The lowest BCUT2D eigenvalue weighted by atomic mass is 10.2. The summed E-state index contributed by atoms with van der Waals surface area (Å²) in [6.45, 7) is 3.31. The standard InChI is InChI=1S/C10H17N5O3S/c1-2-19(17,18)4-3-12-10(16)9-7-15(14-13-9)8-5-11-6-8/h7-8,11H,2-6H2,1H3,(H,12,16). The monoisotopic (exact) mass is 287 g/mol. The molecule has 1 aliphatic heterocycles. The Hall–Kier alpha value is -1.48. The van der Waals surface area contributed by atoms with E-state index in [1.165, 1.54) is 0 Å². The summed E-state index contributed by atoms with van der Waals surface area (Å²) in [5.74, 6) is -0.381. The van der Waals surface area contributed by atoms with Crippen LogP contribution in [-0.2, 0) is 9.84 Å². The van der Waals surface area contributed by atoms with Gasteiger partial charge < -0.3 is 10.6 Å². The van der Waals surface area contributed by atoms with Crippen molar-refractivity contribution in [2.75, 3.05) is 31.1 Å². The summed E-state index contributed by atoms with van der Waals surface area (Å²) in [4.78, 5) is 11.7. The van der Waals surface area contributed by atoms with E-state index in [1.807, 2.05) is 0 Å². The molecule has 19 heavy (non-hydrogen) atoms. The summed E-state index contributed by atoms with van der Waals surface area (Å²) in [5.41, 5.74) is 0.209. The van der Waals surface area contributed by atoms with Gasteiger partial charge in [-0.25, -0.2) is 13.1 Å². The Balaban J connectivity index is 1.84. The van der Waals surface area contributed by atoms with Gasteiger partial charge in [0.05, 0.1) is 18.0 Å². The molecule has 1 saturated heterocycles. The van der Waals surface area contributed by atoms with E-state index in [1.54, 1.807) is 17.8 Å². The van der Waals surface area contributed by atoms with Crippen molar-refractivity contribution in [1.29, 1.82) is 0 Å². The van der Waals surface area contributed by atoms with Gasteiger partial charge in [-0.1, -0.05) is 12.1 Å². The smallest absolute Gasteiger partial charge is 0.273 e. The number of sulfone groups is 1. The molecule has 0 bridgehead atoms. The van der Waals surface area contributed by atoms with Gasteiger partial charge in [0.25, 0.3) is 5.91 Å². The van der Waals surface area contributed by atoms with Crippen LogP contribution in [0.5, 0.6) is 0 Å². The minimum Gasteiger partial charge on any atom is -0.350 e. The van der Waals surface area contributed by atoms with Crippen LogP contribution >= 0.6 is 0 Å². The third-order valence-electron chi connectivity index (χ3n) is 3.02. The van der Waals surface area contributed by atoms with Gasteiger partial charge in [-0.3, -0.25) is 4.79 Å². The van der Waals surface area contributed by atoms with Crippen molar-refractivity contribution in [3.05, 3.63) is 11.9 Å². The second-order valence-corrected chi connectivity index (χ2v) is 6.86. The fourth-order valence-corrected chi connectivity index (χ4v) is 2.28. The first-order valence-corrected chi connectivity index (χ1v) is 7.95. The number of carbonyl (C=O) groups excluding carboxylic acids is 1. The molecule has 0 unspecified atom stereocenters. The largest absolute Gasteiger partial charge is 0.350 e. The molecule has 1 fully saturated rings. The molecule has 1 aliphatic rings. The van der Waals surface area contributed by atoms with Gasteiger partial charge in [-0.15, -0.1) is 5.10 Å². The zero-order chi connectivity index (χ0) is 13.9. The van der Waals surface area contributed by atoms with Crippen LogP contribution in [0.15, 0.2) is 6.20 Å². The summed E-state index contributed by atoms with van der Waals surface area (Å²) in [6.07, 6.45) is 1.58. The summed E-state index contributed by atoms with van der Waals surface area (Å²) >= 11 is 0. The molecular weight excluding hydrogens is 270 g/mol. The molecule has 2 rings (SSSR count). The van der Waals surface area contributed by atoms with Crippen LogP contribution < -0.4 is 10.6 Å². The van der Waals surface area contributed by atoms with E-state index in [-0.39, 0.29) is 29.8 Å². The minimum atomic E-state index is -3.06. The molecular formula is C10H17N5O3S. The molecule has 1 aromatic rings. The van der Waals surface area contributed by atoms with Crippen molar-refractivity contribution in [3.63, 3.8) is 0 Å². The summed E-state index contributed by atoms with van der Waals surface area (Å²) in [7, 11) is -3.06. The number of amides is 1. The highest BCUT2D eigenvalue weighted by atomic mass is 32.2. The van der Waals surface area contributed by atoms with Crippen LogP contribution in [0.1, 0.15) is 23.5 Å². The highest BCUT2D eigenvalue weighted by molar-refractivity contribution is 7.91. The van der Waals surface area contributed by atoms with E-state index in [2.05, 4.69) is 20.9 Å². The first-order chi connectivity index (χ1) is 9.02. The van der Waals surface area contributed by atoms with Crippen LogP contribution in [0.2, 0.25) is 0 Å². The molecule has 9 heteroatoms. The fraction of sp³-hybridized carbons (Fsp3) is 0.700. The molecule has 0 spiro atoms. The van der Waals surface area contributed by atoms with Gasteiger partial charge in [0.15, 0.2) is 15.5 Å². The average molecular weight is 287 g/mol. The molecule has 2 heterocycles. The Morgan fingerprint density at radius 1 is 1.58 bits per heavy atom. The first kappa shape index (κ1) is 13.9. The maximum atomic E-state index is 11.7. The van der Waals surface area contributed by atoms with Crippen molar-refractivity contribution in [2.45, 2.75) is 13.0 Å². The Morgan fingerprint density at radius 2 is 2.32 bits per heavy atom. The number of carbonyl (C=O) groups is 1. The van der Waals surface area contributed by atoms with E-state index in [9.17, 15) is 13.2 Å². The normalized spacial score (nSPS) is 16.1. The molecule has 0 radical (unpaired) electrons. The van der Waals surface area contributed by atoms with Gasteiger partial charge in [-0.2, -0.15) is 0 Å². The molecule has 1 aromatic heterocycles. The van der Waals surface area contributed by atoms with Crippen molar-refractivity contribution in [3.8, 4) is 0 Å². The third-order valence-corrected chi connectivity index (χ3v) is 4.72. The van der Waals surface area contributed by atoms with Crippen LogP contribution in [0.3, 0.4) is 0 Å². The fourth-order valence-electron chi connectivity index (χ4n) is 1.57. The summed E-state index contributed by atoms with van der Waals surface area (Å²) < 4.78 is 24.2. The lowest BCUT2D eigenvalue weighted by Crippen LogP contribution is -2.43. The quantitative estimate of drug-likeness (QED) is 0.665. The second kappa shape index (κ2) is 5.66. The van der Waals surface area contributed by atoms with Crippen LogP contribution in [0.4, 0.5) is 0 Å². The maximum absolute atomic E-state index is 11.7. The Bertz CT molecular complexity index is 549. The second-order valence-electron chi connectivity index (χ2n) is 4.39. The van der Waals surface area contributed by atoms with Crippen molar-refractivity contribution in [2.24, 2.45) is 0 Å². The Labute approximate surface area is 111 Å². The Kier molecular flexibility index (Phi) is 4.15. The van der Waals surface area contributed by atoms with E-state index in [4.69, 9.17) is 0 Å². The lowest BCUT2D eigenvalue weighted by molar-refractivity contribution is 0.0951. The molecule has 0 saturated carbocycles. The van der Waals surface area contributed by atoms with Gasteiger partial charge in [0, 0.05) is 25.4 Å². The topological polar surface area (TPSA) is 106 Å². The average Bonchev–Trinajstić information content (AvgIpc) is 2.76. The molecule has 2 N–H and O–H groups in total. The van der Waals surface area contributed by atoms with Crippen molar-refractivity contribution >= 4 is 15.7 Å². The van der Waals surface area contributed by atoms with Gasteiger partial charge in [-0.05, 0) is 0 Å². The van der Waals surface area contributed by atoms with Gasteiger partial charge in [0.1, 0.15) is 0 Å². The van der Waals surface area contributed by atoms with Crippen molar-refractivity contribution < 1.29 is 13.2 Å². The van der Waals surface area contributed by atoms with E-state index in [0.717, 1.165) is 13.1 Å². The summed E-state index contributed by atoms with van der Waals surface area (Å²) in [5, 5.41) is 13.3. The molecule has 106 valence electrons. The van der Waals surface area contributed by atoms with E-state index in [0.29, 0.717) is 0 Å². The number of rotatable bonds is 6. The van der Waals surface area contributed by atoms with Gasteiger partial charge >= 0.3 is 0 Å². The zero-order valence-electron chi connectivity index (χ0n) is 10.7. The van der Waals surface area contributed by atoms with Gasteiger partial charge in [0.2, 0.25) is 0 Å². The molecule has 0 aromatic carbocycles. The van der Waals surface area contributed by atoms with Crippen molar-refractivity contribution in [1.82, 2.24) is 25.6 Å². The minimum absolute atomic E-state index is 0.0596. The Morgan fingerprint density at radius 3 is 2.89 bits per heavy atom. The van der Waals surface area contributed by atoms with E-state index >= 15 is 0 Å². The number of aromatic nitrogens is 3. The van der Waals surface area contributed by atoms with Crippen LogP contribution in [0.25, 0.3) is 0 Å². The molecule has 8 nitrogen and oxygen atoms in total. The third kappa shape index (κ3) is 3.51. The van der Waals surface area contributed by atoms with Crippen LogP contribution in [0, 0.1) is 0 Å². The summed E-state index contributed by atoms with van der Waals surface area (Å²) in [6, 6.07) is 0.245.